The lowest BCUT2D eigenvalue weighted by Crippen LogP contribution is -1.91. The Morgan fingerprint density at radius 1 is 0.413 bits per heavy atom. The maximum atomic E-state index is 6.72. The van der Waals surface area contributed by atoms with Gasteiger partial charge in [-0.05, 0) is 73.3 Å². The highest BCUT2D eigenvalue weighted by Crippen LogP contribution is 2.50. The van der Waals surface area contributed by atoms with Gasteiger partial charge in [-0.1, -0.05) is 133 Å². The minimum Gasteiger partial charge on any atom is -0.455 e. The van der Waals surface area contributed by atoms with Crippen LogP contribution < -0.4 is 0 Å². The van der Waals surface area contributed by atoms with Gasteiger partial charge in [0.15, 0.2) is 0 Å². The van der Waals surface area contributed by atoms with Gasteiger partial charge >= 0.3 is 0 Å². The molecular weight excluding hydrogens is 577 g/mol. The Bertz CT molecular complexity index is 2740. The zero-order valence-electron chi connectivity index (χ0n) is 24.8. The third-order valence-corrected chi connectivity index (χ3v) is 10.6. The van der Waals surface area contributed by atoms with Crippen LogP contribution >= 0.6 is 11.3 Å². The van der Waals surface area contributed by atoms with Gasteiger partial charge in [0.05, 0.1) is 0 Å². The maximum Gasteiger partial charge on any atom is 0.144 e. The Morgan fingerprint density at radius 2 is 1.02 bits per heavy atom. The fourth-order valence-electron chi connectivity index (χ4n) is 7.39. The average molecular weight is 603 g/mol. The summed E-state index contributed by atoms with van der Waals surface area (Å²) < 4.78 is 9.25. The molecule has 0 radical (unpaired) electrons. The average Bonchev–Trinajstić information content (AvgIpc) is 3.72. The third kappa shape index (κ3) is 3.74. The van der Waals surface area contributed by atoms with Crippen LogP contribution in [0.15, 0.2) is 162 Å². The first-order valence-corrected chi connectivity index (χ1v) is 16.5. The summed E-state index contributed by atoms with van der Waals surface area (Å²) >= 11 is 1.86. The number of fused-ring (bicyclic) bond motifs is 8. The predicted octanol–water partition coefficient (Wildman–Crippen LogP) is 13.3. The van der Waals surface area contributed by atoms with Crippen molar-refractivity contribution in [1.29, 1.82) is 0 Å². The van der Waals surface area contributed by atoms with Gasteiger partial charge in [-0.2, -0.15) is 0 Å². The van der Waals surface area contributed by atoms with E-state index in [-0.39, 0.29) is 0 Å². The number of hydrogen-bond acceptors (Lipinski definition) is 2. The van der Waals surface area contributed by atoms with Crippen molar-refractivity contribution < 1.29 is 4.42 Å². The molecule has 0 bridgehead atoms. The van der Waals surface area contributed by atoms with E-state index in [1.54, 1.807) is 0 Å². The molecule has 0 aliphatic heterocycles. The van der Waals surface area contributed by atoms with Crippen molar-refractivity contribution in [2.75, 3.05) is 0 Å². The van der Waals surface area contributed by atoms with E-state index in [4.69, 9.17) is 4.42 Å². The van der Waals surface area contributed by atoms with Crippen LogP contribution in [0.25, 0.3) is 97.0 Å². The van der Waals surface area contributed by atoms with Crippen molar-refractivity contribution in [2.24, 2.45) is 0 Å². The summed E-state index contributed by atoms with van der Waals surface area (Å²) in [7, 11) is 0. The number of rotatable bonds is 3. The second-order valence-electron chi connectivity index (χ2n) is 12.0. The summed E-state index contributed by atoms with van der Waals surface area (Å²) in [6, 6.07) is 57.1. The molecular formula is C44H26OS. The van der Waals surface area contributed by atoms with Gasteiger partial charge in [-0.25, -0.2) is 0 Å². The van der Waals surface area contributed by atoms with E-state index < -0.39 is 0 Å². The van der Waals surface area contributed by atoms with Crippen LogP contribution in [-0.4, -0.2) is 0 Å². The molecule has 0 aliphatic carbocycles. The monoisotopic (exact) mass is 602 g/mol. The summed E-state index contributed by atoms with van der Waals surface area (Å²) in [5, 5.41) is 11.1. The standard InChI is InChI=1S/C44H26OS/c1-2-13-28(14-3-1)38-26-31-25-37(44-42(43(31)45-38)36-20-10-11-21-39(36)46-44)41-34-18-8-6-16-32(34)40(33-17-7-9-19-35(33)41)30-23-22-27-12-4-5-15-29(27)24-30/h1-26H. The quantitative estimate of drug-likeness (QED) is 0.183. The lowest BCUT2D eigenvalue weighted by Gasteiger charge is -2.18. The number of thiophene rings is 1. The minimum absolute atomic E-state index is 0.894. The molecule has 10 rings (SSSR count). The van der Waals surface area contributed by atoms with Gasteiger partial charge in [0.25, 0.3) is 0 Å². The van der Waals surface area contributed by atoms with Crippen molar-refractivity contribution in [3.8, 4) is 33.6 Å². The first kappa shape index (κ1) is 25.6. The summed E-state index contributed by atoms with van der Waals surface area (Å²) in [6.45, 7) is 0. The molecule has 0 aliphatic rings. The van der Waals surface area contributed by atoms with Crippen molar-refractivity contribution >= 4 is 74.8 Å². The Morgan fingerprint density at radius 3 is 1.76 bits per heavy atom. The molecule has 0 atom stereocenters. The van der Waals surface area contributed by atoms with Crippen molar-refractivity contribution in [3.63, 3.8) is 0 Å². The molecule has 214 valence electrons. The molecule has 1 nitrogen and oxygen atoms in total. The molecule has 0 saturated carbocycles. The van der Waals surface area contributed by atoms with Crippen LogP contribution in [0.2, 0.25) is 0 Å². The number of hydrogen-bond donors (Lipinski definition) is 0. The lowest BCUT2D eigenvalue weighted by atomic mass is 9.85. The van der Waals surface area contributed by atoms with Crippen LogP contribution in [0.1, 0.15) is 0 Å². The Balaban J connectivity index is 1.35. The molecule has 10 aromatic rings. The highest BCUT2D eigenvalue weighted by atomic mass is 32.1. The van der Waals surface area contributed by atoms with Crippen LogP contribution in [0.3, 0.4) is 0 Å². The first-order valence-electron chi connectivity index (χ1n) is 15.7. The fourth-order valence-corrected chi connectivity index (χ4v) is 8.62. The van der Waals surface area contributed by atoms with E-state index in [1.807, 2.05) is 17.4 Å². The van der Waals surface area contributed by atoms with Gasteiger partial charge in [0.1, 0.15) is 11.3 Å². The van der Waals surface area contributed by atoms with Crippen molar-refractivity contribution in [3.05, 3.63) is 158 Å². The molecule has 0 saturated heterocycles. The van der Waals surface area contributed by atoms with E-state index in [2.05, 4.69) is 152 Å². The topological polar surface area (TPSA) is 13.1 Å². The van der Waals surface area contributed by atoms with E-state index in [0.717, 1.165) is 22.3 Å². The van der Waals surface area contributed by atoms with Gasteiger partial charge in [0.2, 0.25) is 0 Å². The van der Waals surface area contributed by atoms with Crippen LogP contribution in [0.5, 0.6) is 0 Å². The van der Waals surface area contributed by atoms with Crippen LogP contribution in [0, 0.1) is 0 Å². The minimum atomic E-state index is 0.894. The molecule has 0 spiro atoms. The molecule has 46 heavy (non-hydrogen) atoms. The third-order valence-electron chi connectivity index (χ3n) is 9.43. The lowest BCUT2D eigenvalue weighted by molar-refractivity contribution is 0.635. The molecule has 0 unspecified atom stereocenters. The van der Waals surface area contributed by atoms with Crippen LogP contribution in [0.4, 0.5) is 0 Å². The van der Waals surface area contributed by atoms with Gasteiger partial charge in [0, 0.05) is 36.7 Å². The van der Waals surface area contributed by atoms with E-state index in [0.29, 0.717) is 0 Å². The SMILES string of the molecule is c1ccc(-c2cc3cc(-c4c5ccccc5c(-c5ccc6ccccc6c5)c5ccccc45)c4sc5ccccc5c4c3o2)cc1. The van der Waals surface area contributed by atoms with E-state index in [9.17, 15) is 0 Å². The first-order chi connectivity index (χ1) is 22.8. The smallest absolute Gasteiger partial charge is 0.144 e. The fraction of sp³-hybridized carbons (Fsp3) is 0. The number of benzene rings is 8. The Kier molecular flexibility index (Phi) is 5.51. The molecule has 0 amide bonds. The highest BCUT2D eigenvalue weighted by Gasteiger charge is 2.23. The summed E-state index contributed by atoms with van der Waals surface area (Å²) in [6.07, 6.45) is 0. The zero-order valence-corrected chi connectivity index (χ0v) is 25.6. The highest BCUT2D eigenvalue weighted by molar-refractivity contribution is 7.26. The molecule has 2 heterocycles. The predicted molar refractivity (Wildman–Crippen MR) is 198 cm³/mol. The summed E-state index contributed by atoms with van der Waals surface area (Å²) in [4.78, 5) is 0. The molecule has 0 fully saturated rings. The van der Waals surface area contributed by atoms with Crippen molar-refractivity contribution in [2.45, 2.75) is 0 Å². The van der Waals surface area contributed by atoms with E-state index >= 15 is 0 Å². The van der Waals surface area contributed by atoms with Gasteiger partial charge < -0.3 is 4.42 Å². The Labute approximate surface area is 269 Å². The van der Waals surface area contributed by atoms with E-state index in [1.165, 1.54) is 74.7 Å². The van der Waals surface area contributed by atoms with Crippen molar-refractivity contribution in [1.82, 2.24) is 0 Å². The normalized spacial score (nSPS) is 11.9. The summed E-state index contributed by atoms with van der Waals surface area (Å²) in [5.41, 5.74) is 7.09. The zero-order chi connectivity index (χ0) is 30.2. The second-order valence-corrected chi connectivity index (χ2v) is 13.1. The maximum absolute atomic E-state index is 6.72. The largest absolute Gasteiger partial charge is 0.455 e. The molecule has 0 N–H and O–H groups in total. The second kappa shape index (κ2) is 9.90. The molecule has 8 aromatic carbocycles. The van der Waals surface area contributed by atoms with Gasteiger partial charge in [-0.15, -0.1) is 11.3 Å². The molecule has 2 heteroatoms. The van der Waals surface area contributed by atoms with Gasteiger partial charge in [-0.3, -0.25) is 0 Å². The number of furan rings is 1. The molecule has 2 aromatic heterocycles. The summed E-state index contributed by atoms with van der Waals surface area (Å²) in [5.74, 6) is 0.894. The van der Waals surface area contributed by atoms with Crippen LogP contribution in [-0.2, 0) is 0 Å². The Hall–Kier alpha value is -5.70.